The van der Waals surface area contributed by atoms with E-state index in [1.165, 1.54) is 23.3 Å². The molecule has 3 atom stereocenters. The monoisotopic (exact) mass is 535 g/mol. The fraction of sp³-hybridized carbons (Fsp3) is 0.167. The molecule has 1 aliphatic carbocycles. The normalized spacial score (nSPS) is 19.6. The predicted molar refractivity (Wildman–Crippen MR) is 134 cm³/mol. The number of H-pyrrole nitrogens is 1. The lowest BCUT2D eigenvalue weighted by Gasteiger charge is -2.17. The van der Waals surface area contributed by atoms with Gasteiger partial charge in [-0.2, -0.15) is 4.68 Å². The molecule has 37 heavy (non-hydrogen) atoms. The van der Waals surface area contributed by atoms with Crippen LogP contribution < -0.4 is 11.3 Å². The Kier molecular flexibility index (Phi) is 4.76. The summed E-state index contributed by atoms with van der Waals surface area (Å²) in [4.78, 5) is 26.0. The number of hydrogen-bond acceptors (Lipinski definition) is 7. The zero-order valence-electron chi connectivity index (χ0n) is 18.8. The van der Waals surface area contributed by atoms with Gasteiger partial charge in [-0.25, -0.2) is 14.4 Å². The van der Waals surface area contributed by atoms with Gasteiger partial charge >= 0.3 is 0 Å². The number of rotatable bonds is 4. The number of anilines is 1. The second-order valence-corrected chi connectivity index (χ2v) is 9.90. The van der Waals surface area contributed by atoms with Crippen molar-refractivity contribution in [3.8, 4) is 28.2 Å². The van der Waals surface area contributed by atoms with Gasteiger partial charge in [0.25, 0.3) is 5.56 Å². The number of benzene rings is 2. The lowest BCUT2D eigenvalue weighted by molar-refractivity contribution is 0.509. The van der Waals surface area contributed by atoms with Crippen LogP contribution in [0.3, 0.4) is 0 Å². The molecule has 0 spiro atoms. The zero-order chi connectivity index (χ0) is 25.4. The van der Waals surface area contributed by atoms with Gasteiger partial charge in [-0.1, -0.05) is 23.2 Å². The Bertz CT molecular complexity index is 1760. The first-order valence-corrected chi connectivity index (χ1v) is 12.1. The van der Waals surface area contributed by atoms with E-state index in [0.717, 1.165) is 6.42 Å². The van der Waals surface area contributed by atoms with Crippen molar-refractivity contribution in [2.45, 2.75) is 18.4 Å². The van der Waals surface area contributed by atoms with Gasteiger partial charge in [0.1, 0.15) is 18.0 Å². The Morgan fingerprint density at radius 1 is 1.14 bits per heavy atom. The number of tetrazole rings is 1. The predicted octanol–water partition coefficient (Wildman–Crippen LogP) is 4.01. The van der Waals surface area contributed by atoms with Crippen LogP contribution in [0.15, 0.2) is 53.7 Å². The van der Waals surface area contributed by atoms with Crippen molar-refractivity contribution < 1.29 is 4.39 Å². The number of aromatic amines is 1. The van der Waals surface area contributed by atoms with E-state index in [9.17, 15) is 9.18 Å². The van der Waals surface area contributed by atoms with Gasteiger partial charge in [0, 0.05) is 28.1 Å². The van der Waals surface area contributed by atoms with Crippen molar-refractivity contribution >= 4 is 28.9 Å². The number of nitrogen functional groups attached to an aromatic ring is 1. The van der Waals surface area contributed by atoms with E-state index in [2.05, 4.69) is 25.5 Å². The van der Waals surface area contributed by atoms with Crippen LogP contribution >= 0.6 is 23.2 Å². The topological polar surface area (TPSA) is 133 Å². The number of aromatic nitrogens is 8. The maximum Gasteiger partial charge on any atom is 0.254 e. The molecular formula is C24H16Cl2FN9O. The molecule has 5 aromatic rings. The molecule has 1 fully saturated rings. The van der Waals surface area contributed by atoms with Crippen LogP contribution in [0.4, 0.5) is 10.1 Å². The number of imidazole rings is 1. The van der Waals surface area contributed by atoms with Crippen molar-refractivity contribution in [1.82, 2.24) is 39.7 Å². The third kappa shape index (κ3) is 3.38. The zero-order valence-corrected chi connectivity index (χ0v) is 20.3. The molecule has 0 bridgehead atoms. The first kappa shape index (κ1) is 22.1. The van der Waals surface area contributed by atoms with Gasteiger partial charge in [0.05, 0.1) is 40.0 Å². The summed E-state index contributed by atoms with van der Waals surface area (Å²) in [5, 5.41) is 11.7. The summed E-state index contributed by atoms with van der Waals surface area (Å²) < 4.78 is 17.9. The van der Waals surface area contributed by atoms with Gasteiger partial charge in [-0.3, -0.25) is 9.36 Å². The van der Waals surface area contributed by atoms with Crippen molar-refractivity contribution in [1.29, 1.82) is 0 Å². The van der Waals surface area contributed by atoms with Gasteiger partial charge in [-0.05, 0) is 53.1 Å². The van der Waals surface area contributed by atoms with E-state index in [0.29, 0.717) is 39.3 Å². The molecule has 3 unspecified atom stereocenters. The van der Waals surface area contributed by atoms with Gasteiger partial charge in [0.2, 0.25) is 0 Å². The minimum Gasteiger partial charge on any atom is -0.397 e. The summed E-state index contributed by atoms with van der Waals surface area (Å²) in [5.74, 6) is 0.885. The van der Waals surface area contributed by atoms with Crippen molar-refractivity contribution in [2.75, 3.05) is 5.73 Å². The molecule has 1 saturated carbocycles. The van der Waals surface area contributed by atoms with E-state index < -0.39 is 5.82 Å². The summed E-state index contributed by atoms with van der Waals surface area (Å²) in [6.45, 7) is 0. The van der Waals surface area contributed by atoms with Crippen molar-refractivity contribution in [2.24, 2.45) is 5.92 Å². The summed E-state index contributed by atoms with van der Waals surface area (Å²) in [6, 6.07) is 9.45. The SMILES string of the molecule is Nc1ccc(-c2cnc(C3C4CC4c4nc(-c5cc(Cl)ccc5-n5cnnn5)cc(=O)n43)[nH]2)c(F)c1Cl. The fourth-order valence-corrected chi connectivity index (χ4v) is 5.48. The summed E-state index contributed by atoms with van der Waals surface area (Å²) >= 11 is 12.3. The highest BCUT2D eigenvalue weighted by molar-refractivity contribution is 6.33. The smallest absolute Gasteiger partial charge is 0.254 e. The average Bonchev–Trinajstić information content (AvgIpc) is 3.23. The highest BCUT2D eigenvalue weighted by Gasteiger charge is 2.55. The lowest BCUT2D eigenvalue weighted by Crippen LogP contribution is -2.27. The maximum atomic E-state index is 14.7. The first-order valence-electron chi connectivity index (χ1n) is 11.4. The Morgan fingerprint density at radius 2 is 2.00 bits per heavy atom. The average molecular weight is 536 g/mol. The third-order valence-electron chi connectivity index (χ3n) is 6.94. The molecule has 2 aliphatic rings. The quantitative estimate of drug-likeness (QED) is 0.332. The molecule has 2 aromatic carbocycles. The molecule has 13 heteroatoms. The summed E-state index contributed by atoms with van der Waals surface area (Å²) in [7, 11) is 0. The third-order valence-corrected chi connectivity index (χ3v) is 7.56. The molecule has 0 radical (unpaired) electrons. The number of nitrogens with two attached hydrogens (primary N) is 1. The number of fused-ring (bicyclic) bond motifs is 3. The van der Waals surface area contributed by atoms with Crippen LogP contribution in [0, 0.1) is 11.7 Å². The Hall–Kier alpha value is -4.09. The second-order valence-electron chi connectivity index (χ2n) is 9.09. The standard InChI is InChI=1S/C24H16Cl2FN9O/c25-10-1-4-18(35-9-30-33-34-35)14(5-10)16-7-19(37)36-22(12-6-13(12)24(36)32-16)23-29-8-17(31-23)11-2-3-15(28)20(26)21(11)27/h1-5,7-9,12-13,22H,6,28H2,(H,29,31). The minimum absolute atomic E-state index is 0.115. The maximum absolute atomic E-state index is 14.7. The molecule has 3 aromatic heterocycles. The summed E-state index contributed by atoms with van der Waals surface area (Å²) in [5.41, 5.74) is 8.10. The van der Waals surface area contributed by atoms with Gasteiger partial charge < -0.3 is 10.7 Å². The van der Waals surface area contributed by atoms with Crippen molar-refractivity contribution in [3.63, 3.8) is 0 Å². The van der Waals surface area contributed by atoms with E-state index in [-0.39, 0.29) is 39.7 Å². The van der Waals surface area contributed by atoms with E-state index in [1.54, 1.807) is 34.9 Å². The molecule has 4 heterocycles. The molecule has 10 nitrogen and oxygen atoms in total. The Balaban J connectivity index is 1.31. The lowest BCUT2D eigenvalue weighted by atomic mass is 10.1. The van der Waals surface area contributed by atoms with E-state index in [1.807, 2.05) is 0 Å². The molecule has 7 rings (SSSR count). The first-order chi connectivity index (χ1) is 17.9. The molecular weight excluding hydrogens is 520 g/mol. The number of nitrogens with one attached hydrogen (secondary N) is 1. The summed E-state index contributed by atoms with van der Waals surface area (Å²) in [6.07, 6.45) is 3.87. The van der Waals surface area contributed by atoms with Crippen molar-refractivity contribution in [3.05, 3.63) is 86.8 Å². The van der Waals surface area contributed by atoms with Gasteiger partial charge in [0.15, 0.2) is 5.82 Å². The molecule has 184 valence electrons. The number of nitrogens with zero attached hydrogens (tertiary/aromatic N) is 7. The number of halogens is 3. The largest absolute Gasteiger partial charge is 0.397 e. The second kappa shape index (κ2) is 7.95. The van der Waals surface area contributed by atoms with Gasteiger partial charge in [-0.15, -0.1) is 5.10 Å². The van der Waals surface area contributed by atoms with E-state index >= 15 is 0 Å². The molecule has 0 saturated heterocycles. The van der Waals surface area contributed by atoms with Crippen LogP contribution in [-0.4, -0.2) is 39.7 Å². The van der Waals surface area contributed by atoms with Crippen LogP contribution in [0.2, 0.25) is 10.0 Å². The Morgan fingerprint density at radius 3 is 2.81 bits per heavy atom. The van der Waals surface area contributed by atoms with E-state index in [4.69, 9.17) is 33.9 Å². The molecule has 0 amide bonds. The van der Waals surface area contributed by atoms with Crippen LogP contribution in [0.5, 0.6) is 0 Å². The van der Waals surface area contributed by atoms with Crippen LogP contribution in [0.25, 0.3) is 28.2 Å². The number of hydrogen-bond donors (Lipinski definition) is 2. The molecule has 1 aliphatic heterocycles. The Labute approximate surface area is 217 Å². The molecule has 3 N–H and O–H groups in total. The highest BCUT2D eigenvalue weighted by Crippen LogP contribution is 2.59. The fourth-order valence-electron chi connectivity index (χ4n) is 5.15. The van der Waals surface area contributed by atoms with Crippen LogP contribution in [0.1, 0.15) is 30.0 Å². The van der Waals surface area contributed by atoms with Crippen LogP contribution in [-0.2, 0) is 0 Å². The minimum atomic E-state index is -0.628. The highest BCUT2D eigenvalue weighted by atomic mass is 35.5.